The van der Waals surface area contributed by atoms with Gasteiger partial charge in [0.2, 0.25) is 0 Å². The highest BCUT2D eigenvalue weighted by molar-refractivity contribution is 5.60. The molecule has 0 saturated heterocycles. The largest absolute Gasteiger partial charge is 0.305 e. The summed E-state index contributed by atoms with van der Waals surface area (Å²) in [5, 5.41) is 8.96. The summed E-state index contributed by atoms with van der Waals surface area (Å²) in [4.78, 5) is 12.9. The number of pyridine rings is 1. The van der Waals surface area contributed by atoms with Crippen molar-refractivity contribution in [1.82, 2.24) is 4.57 Å². The molecule has 0 radical (unpaired) electrons. The van der Waals surface area contributed by atoms with Crippen molar-refractivity contribution in [2.75, 3.05) is 0 Å². The zero-order valence-corrected chi connectivity index (χ0v) is 13.6. The van der Waals surface area contributed by atoms with Crippen LogP contribution in [0.2, 0.25) is 0 Å². The van der Waals surface area contributed by atoms with Crippen LogP contribution in [0.1, 0.15) is 49.3 Å². The second-order valence-electron chi connectivity index (χ2n) is 6.41. The summed E-state index contributed by atoms with van der Waals surface area (Å²) in [5.74, 6) is 0. The number of benzene rings is 1. The van der Waals surface area contributed by atoms with Crippen LogP contribution < -0.4 is 5.56 Å². The standard InChI is InChI=1S/C20H22N2O/c1-15-7-9-16(10-8-15)19-12-11-17(13-14-21)20(23)22(19)18-5-3-2-4-6-18/h7-12,18H,2-6,13H2,1H3. The van der Waals surface area contributed by atoms with E-state index in [1.807, 2.05) is 16.7 Å². The summed E-state index contributed by atoms with van der Waals surface area (Å²) in [6, 6.07) is 14.5. The van der Waals surface area contributed by atoms with Gasteiger partial charge in [-0.1, -0.05) is 55.2 Å². The molecule has 0 atom stereocenters. The topological polar surface area (TPSA) is 45.8 Å². The molecule has 1 saturated carbocycles. The molecule has 0 bridgehead atoms. The average molecular weight is 306 g/mol. The van der Waals surface area contributed by atoms with Crippen LogP contribution in [0.25, 0.3) is 11.3 Å². The van der Waals surface area contributed by atoms with Crippen molar-refractivity contribution in [1.29, 1.82) is 5.26 Å². The van der Waals surface area contributed by atoms with Crippen LogP contribution in [0, 0.1) is 18.3 Å². The number of aryl methyl sites for hydroxylation is 1. The maximum atomic E-state index is 12.9. The molecule has 3 nitrogen and oxygen atoms in total. The molecule has 1 fully saturated rings. The molecule has 2 aromatic rings. The number of hydrogen-bond donors (Lipinski definition) is 0. The van der Waals surface area contributed by atoms with Gasteiger partial charge < -0.3 is 4.57 Å². The Labute approximate surface area is 137 Å². The lowest BCUT2D eigenvalue weighted by atomic mass is 9.94. The Kier molecular flexibility index (Phi) is 4.62. The lowest BCUT2D eigenvalue weighted by Crippen LogP contribution is -2.30. The molecule has 1 aromatic heterocycles. The Morgan fingerprint density at radius 3 is 2.43 bits per heavy atom. The van der Waals surface area contributed by atoms with Gasteiger partial charge in [-0.25, -0.2) is 0 Å². The van der Waals surface area contributed by atoms with E-state index in [1.165, 1.54) is 24.8 Å². The molecule has 0 amide bonds. The lowest BCUT2D eigenvalue weighted by Gasteiger charge is -2.27. The Hall–Kier alpha value is -2.34. The van der Waals surface area contributed by atoms with Crippen molar-refractivity contribution in [2.24, 2.45) is 0 Å². The second kappa shape index (κ2) is 6.83. The van der Waals surface area contributed by atoms with E-state index in [1.54, 1.807) is 0 Å². The smallest absolute Gasteiger partial charge is 0.255 e. The second-order valence-corrected chi connectivity index (χ2v) is 6.41. The van der Waals surface area contributed by atoms with Crippen molar-refractivity contribution in [3.8, 4) is 17.3 Å². The third-order valence-corrected chi connectivity index (χ3v) is 4.75. The van der Waals surface area contributed by atoms with E-state index in [0.717, 1.165) is 24.1 Å². The molecular formula is C20H22N2O. The predicted molar refractivity (Wildman–Crippen MR) is 92.3 cm³/mol. The maximum Gasteiger partial charge on any atom is 0.255 e. The van der Waals surface area contributed by atoms with Crippen molar-refractivity contribution in [3.05, 3.63) is 57.9 Å². The molecule has 0 spiro atoms. The van der Waals surface area contributed by atoms with Crippen LogP contribution >= 0.6 is 0 Å². The molecule has 118 valence electrons. The minimum Gasteiger partial charge on any atom is -0.305 e. The summed E-state index contributed by atoms with van der Waals surface area (Å²) >= 11 is 0. The number of rotatable bonds is 3. The van der Waals surface area contributed by atoms with E-state index < -0.39 is 0 Å². The van der Waals surface area contributed by atoms with E-state index >= 15 is 0 Å². The molecule has 0 aliphatic heterocycles. The average Bonchev–Trinajstić information content (AvgIpc) is 2.58. The SMILES string of the molecule is Cc1ccc(-c2ccc(CC#N)c(=O)n2C2CCCCC2)cc1. The first-order valence-electron chi connectivity index (χ1n) is 8.39. The fourth-order valence-corrected chi connectivity index (χ4v) is 3.48. The van der Waals surface area contributed by atoms with Crippen molar-refractivity contribution >= 4 is 0 Å². The van der Waals surface area contributed by atoms with Gasteiger partial charge in [-0.3, -0.25) is 4.79 Å². The van der Waals surface area contributed by atoms with Gasteiger partial charge >= 0.3 is 0 Å². The molecule has 3 heteroatoms. The molecule has 1 aliphatic rings. The first-order valence-corrected chi connectivity index (χ1v) is 8.39. The highest BCUT2D eigenvalue weighted by atomic mass is 16.1. The first-order chi connectivity index (χ1) is 11.2. The summed E-state index contributed by atoms with van der Waals surface area (Å²) in [6.45, 7) is 2.06. The van der Waals surface area contributed by atoms with E-state index in [0.29, 0.717) is 5.56 Å². The highest BCUT2D eigenvalue weighted by Crippen LogP contribution is 2.31. The van der Waals surface area contributed by atoms with E-state index in [-0.39, 0.29) is 18.0 Å². The third kappa shape index (κ3) is 3.22. The van der Waals surface area contributed by atoms with Crippen LogP contribution in [0.15, 0.2) is 41.2 Å². The van der Waals surface area contributed by atoms with Gasteiger partial charge in [0.25, 0.3) is 5.56 Å². The van der Waals surface area contributed by atoms with Crippen LogP contribution in [-0.2, 0) is 6.42 Å². The van der Waals surface area contributed by atoms with E-state index in [2.05, 4.69) is 37.3 Å². The van der Waals surface area contributed by atoms with Crippen molar-refractivity contribution in [2.45, 2.75) is 51.5 Å². The molecule has 0 N–H and O–H groups in total. The quantitative estimate of drug-likeness (QED) is 0.844. The molecule has 1 aromatic carbocycles. The molecular weight excluding hydrogens is 284 g/mol. The molecule has 0 unspecified atom stereocenters. The summed E-state index contributed by atoms with van der Waals surface area (Å²) in [5.41, 5.74) is 3.87. The Morgan fingerprint density at radius 2 is 1.78 bits per heavy atom. The Morgan fingerprint density at radius 1 is 1.09 bits per heavy atom. The molecule has 3 rings (SSSR count). The first kappa shape index (κ1) is 15.6. The Bertz CT molecular complexity index is 775. The highest BCUT2D eigenvalue weighted by Gasteiger charge is 2.21. The lowest BCUT2D eigenvalue weighted by molar-refractivity contribution is 0.348. The maximum absolute atomic E-state index is 12.9. The summed E-state index contributed by atoms with van der Waals surface area (Å²) < 4.78 is 1.95. The number of aromatic nitrogens is 1. The third-order valence-electron chi connectivity index (χ3n) is 4.75. The Balaban J connectivity index is 2.14. The van der Waals surface area contributed by atoms with E-state index in [9.17, 15) is 4.79 Å². The number of hydrogen-bond acceptors (Lipinski definition) is 2. The van der Waals surface area contributed by atoms with Crippen molar-refractivity contribution in [3.63, 3.8) is 0 Å². The van der Waals surface area contributed by atoms with Gasteiger partial charge in [-0.15, -0.1) is 0 Å². The van der Waals surface area contributed by atoms with Crippen LogP contribution in [0.4, 0.5) is 0 Å². The van der Waals surface area contributed by atoms with Gasteiger partial charge in [0.15, 0.2) is 0 Å². The van der Waals surface area contributed by atoms with Gasteiger partial charge in [-0.05, 0) is 31.4 Å². The monoisotopic (exact) mass is 306 g/mol. The summed E-state index contributed by atoms with van der Waals surface area (Å²) in [6.07, 6.45) is 5.88. The number of nitriles is 1. The van der Waals surface area contributed by atoms with Gasteiger partial charge in [0.1, 0.15) is 0 Å². The van der Waals surface area contributed by atoms with Gasteiger partial charge in [-0.2, -0.15) is 5.26 Å². The zero-order valence-electron chi connectivity index (χ0n) is 13.6. The number of nitrogens with zero attached hydrogens (tertiary/aromatic N) is 2. The minimum atomic E-state index is 0.0107. The van der Waals surface area contributed by atoms with Crippen LogP contribution in [-0.4, -0.2) is 4.57 Å². The fraction of sp³-hybridized carbons (Fsp3) is 0.400. The van der Waals surface area contributed by atoms with Crippen LogP contribution in [0.5, 0.6) is 0 Å². The zero-order chi connectivity index (χ0) is 16.2. The van der Waals surface area contributed by atoms with Crippen molar-refractivity contribution < 1.29 is 0 Å². The van der Waals surface area contributed by atoms with Gasteiger partial charge in [0.05, 0.1) is 18.2 Å². The molecule has 1 aliphatic carbocycles. The minimum absolute atomic E-state index is 0.0107. The van der Waals surface area contributed by atoms with Crippen LogP contribution in [0.3, 0.4) is 0 Å². The van der Waals surface area contributed by atoms with E-state index in [4.69, 9.17) is 5.26 Å². The normalized spacial score (nSPS) is 15.3. The predicted octanol–water partition coefficient (Wildman–Crippen LogP) is 4.40. The fourth-order valence-electron chi connectivity index (χ4n) is 3.48. The molecule has 1 heterocycles. The van der Waals surface area contributed by atoms with Gasteiger partial charge in [0, 0.05) is 11.6 Å². The summed E-state index contributed by atoms with van der Waals surface area (Å²) in [7, 11) is 0. The molecule has 23 heavy (non-hydrogen) atoms.